The van der Waals surface area contributed by atoms with E-state index < -0.39 is 66.9 Å². The summed E-state index contributed by atoms with van der Waals surface area (Å²) in [6.45, 7) is -0.872. The first-order chi connectivity index (χ1) is 20.6. The van der Waals surface area contributed by atoms with Gasteiger partial charge in [0.15, 0.2) is 0 Å². The number of carbonyl (C=O) groups is 5. The van der Waals surface area contributed by atoms with Crippen LogP contribution in [0.15, 0.2) is 60.9 Å². The Labute approximate surface area is 244 Å². The highest BCUT2D eigenvalue weighted by atomic mass is 16.4. The predicted octanol–water partition coefficient (Wildman–Crippen LogP) is -0.232. The molecule has 0 aliphatic carbocycles. The molecule has 4 rings (SSSR count). The Hall–Kier alpha value is -5.21. The number of nitrogens with two attached hydrogens (primary N) is 1. The summed E-state index contributed by atoms with van der Waals surface area (Å²) < 4.78 is 0. The molecule has 2 aromatic heterocycles. The van der Waals surface area contributed by atoms with Crippen molar-refractivity contribution < 1.29 is 39.3 Å². The minimum absolute atomic E-state index is 0.0700. The van der Waals surface area contributed by atoms with E-state index in [1.165, 1.54) is 0 Å². The molecular weight excluding hydrogens is 560 g/mol. The number of rotatable bonds is 14. The minimum atomic E-state index is -1.56. The number of aliphatic hydroxyl groups excluding tert-OH is 1. The van der Waals surface area contributed by atoms with Crippen LogP contribution in [0.5, 0.6) is 0 Å². The Kier molecular flexibility index (Phi) is 9.75. The molecule has 0 bridgehead atoms. The van der Waals surface area contributed by atoms with Crippen LogP contribution in [0.1, 0.15) is 17.5 Å². The molecule has 0 aliphatic heterocycles. The predicted molar refractivity (Wildman–Crippen MR) is 155 cm³/mol. The molecule has 4 atom stereocenters. The van der Waals surface area contributed by atoms with E-state index in [4.69, 9.17) is 10.8 Å². The molecule has 0 radical (unpaired) electrons. The average molecular weight is 593 g/mol. The lowest BCUT2D eigenvalue weighted by Crippen LogP contribution is -2.58. The first kappa shape index (κ1) is 30.7. The van der Waals surface area contributed by atoms with Crippen LogP contribution in [-0.2, 0) is 36.8 Å². The third kappa shape index (κ3) is 7.55. The molecule has 0 saturated heterocycles. The summed E-state index contributed by atoms with van der Waals surface area (Å²) in [7, 11) is 0. The Morgan fingerprint density at radius 1 is 0.698 bits per heavy atom. The maximum Gasteiger partial charge on any atom is 0.326 e. The second-order valence-corrected chi connectivity index (χ2v) is 10.0. The number of H-pyrrole nitrogens is 2. The van der Waals surface area contributed by atoms with E-state index in [9.17, 15) is 34.2 Å². The molecular formula is C29H32N6O8. The van der Waals surface area contributed by atoms with Crippen LogP contribution in [-0.4, -0.2) is 85.7 Å². The van der Waals surface area contributed by atoms with Gasteiger partial charge in [0.1, 0.15) is 18.1 Å². The first-order valence-corrected chi connectivity index (χ1v) is 13.4. The number of carboxylic acid groups (broad SMARTS) is 2. The van der Waals surface area contributed by atoms with Crippen molar-refractivity contribution >= 4 is 51.5 Å². The number of amides is 3. The zero-order valence-electron chi connectivity index (χ0n) is 22.9. The van der Waals surface area contributed by atoms with E-state index >= 15 is 0 Å². The Morgan fingerprint density at radius 3 is 1.67 bits per heavy atom. The number of para-hydroxylation sites is 2. The van der Waals surface area contributed by atoms with Crippen LogP contribution < -0.4 is 21.7 Å². The van der Waals surface area contributed by atoms with Gasteiger partial charge in [-0.1, -0.05) is 36.4 Å². The molecule has 0 aliphatic rings. The number of fused-ring (bicyclic) bond motifs is 2. The largest absolute Gasteiger partial charge is 0.481 e. The van der Waals surface area contributed by atoms with Gasteiger partial charge < -0.3 is 47.0 Å². The molecule has 14 heteroatoms. The van der Waals surface area contributed by atoms with Gasteiger partial charge in [0, 0.05) is 47.0 Å². The van der Waals surface area contributed by atoms with Gasteiger partial charge in [0.05, 0.1) is 19.1 Å². The third-order valence-corrected chi connectivity index (χ3v) is 6.99. The fraction of sp³-hybridized carbons (Fsp3) is 0.276. The molecule has 4 aromatic rings. The number of hydrogen-bond donors (Lipinski definition) is 9. The molecule has 14 nitrogen and oxygen atoms in total. The number of hydrogen-bond acceptors (Lipinski definition) is 7. The lowest BCUT2D eigenvalue weighted by Gasteiger charge is -2.24. The number of aromatic nitrogens is 2. The highest BCUT2D eigenvalue weighted by Crippen LogP contribution is 2.20. The van der Waals surface area contributed by atoms with E-state index in [0.29, 0.717) is 11.1 Å². The van der Waals surface area contributed by atoms with Crippen molar-refractivity contribution in [3.05, 3.63) is 72.1 Å². The summed E-state index contributed by atoms with van der Waals surface area (Å²) in [5.74, 6) is -5.37. The SMILES string of the molecule is NC(CC(=O)O)C(=O)NC(Cc1c[nH]c2ccccc12)C(=O)NC(CO)C(=O)NC(Cc1c[nH]c2ccccc12)C(=O)O. The van der Waals surface area contributed by atoms with Gasteiger partial charge in [-0.2, -0.15) is 0 Å². The first-order valence-electron chi connectivity index (χ1n) is 13.4. The van der Waals surface area contributed by atoms with Gasteiger partial charge in [-0.25, -0.2) is 4.79 Å². The molecule has 0 spiro atoms. The quantitative estimate of drug-likeness (QED) is 0.0938. The highest BCUT2D eigenvalue weighted by molar-refractivity contribution is 5.95. The summed E-state index contributed by atoms with van der Waals surface area (Å²) in [5.41, 5.74) is 8.53. The Bertz CT molecular complexity index is 1650. The lowest BCUT2D eigenvalue weighted by atomic mass is 10.0. The van der Waals surface area contributed by atoms with Crippen molar-refractivity contribution in [1.29, 1.82) is 0 Å². The van der Waals surface area contributed by atoms with Crippen LogP contribution in [0.4, 0.5) is 0 Å². The van der Waals surface area contributed by atoms with Crippen LogP contribution in [0.25, 0.3) is 21.8 Å². The molecule has 3 amide bonds. The van der Waals surface area contributed by atoms with Crippen LogP contribution in [0.3, 0.4) is 0 Å². The number of benzene rings is 2. The zero-order chi connectivity index (χ0) is 31.1. The fourth-order valence-corrected chi connectivity index (χ4v) is 4.75. The Morgan fingerprint density at radius 2 is 1.16 bits per heavy atom. The highest BCUT2D eigenvalue weighted by Gasteiger charge is 2.31. The molecule has 10 N–H and O–H groups in total. The van der Waals surface area contributed by atoms with Gasteiger partial charge >= 0.3 is 11.9 Å². The fourth-order valence-electron chi connectivity index (χ4n) is 4.75. The maximum atomic E-state index is 13.4. The van der Waals surface area contributed by atoms with Crippen LogP contribution >= 0.6 is 0 Å². The molecule has 2 aromatic carbocycles. The van der Waals surface area contributed by atoms with Gasteiger partial charge in [-0.15, -0.1) is 0 Å². The van der Waals surface area contributed by atoms with E-state index in [0.717, 1.165) is 21.8 Å². The van der Waals surface area contributed by atoms with Crippen molar-refractivity contribution in [2.45, 2.75) is 43.4 Å². The maximum absolute atomic E-state index is 13.4. The summed E-state index contributed by atoms with van der Waals surface area (Å²) >= 11 is 0. The minimum Gasteiger partial charge on any atom is -0.481 e. The lowest BCUT2D eigenvalue weighted by molar-refractivity contribution is -0.142. The number of aliphatic carboxylic acids is 2. The zero-order valence-corrected chi connectivity index (χ0v) is 22.9. The molecule has 2 heterocycles. The van der Waals surface area contributed by atoms with Crippen LogP contribution in [0.2, 0.25) is 0 Å². The number of carboxylic acids is 2. The van der Waals surface area contributed by atoms with Gasteiger partial charge in [-0.3, -0.25) is 19.2 Å². The van der Waals surface area contributed by atoms with Crippen molar-refractivity contribution in [3.8, 4) is 0 Å². The van der Waals surface area contributed by atoms with Gasteiger partial charge in [-0.05, 0) is 23.3 Å². The topological polar surface area (TPSA) is 240 Å². The number of carbonyl (C=O) groups excluding carboxylic acids is 3. The summed E-state index contributed by atoms with van der Waals surface area (Å²) in [6.07, 6.45) is 2.47. The molecule has 0 fully saturated rings. The average Bonchev–Trinajstić information content (AvgIpc) is 3.58. The second kappa shape index (κ2) is 13.6. The van der Waals surface area contributed by atoms with E-state index in [1.807, 2.05) is 30.3 Å². The van der Waals surface area contributed by atoms with Crippen LogP contribution in [0, 0.1) is 0 Å². The normalized spacial score (nSPS) is 14.0. The van der Waals surface area contributed by atoms with E-state index in [-0.39, 0.29) is 12.8 Å². The molecule has 4 unspecified atom stereocenters. The Balaban J connectivity index is 1.49. The van der Waals surface area contributed by atoms with Crippen molar-refractivity contribution in [3.63, 3.8) is 0 Å². The van der Waals surface area contributed by atoms with Crippen molar-refractivity contribution in [1.82, 2.24) is 25.9 Å². The summed E-state index contributed by atoms with van der Waals surface area (Å²) in [6, 6.07) is 8.75. The molecule has 226 valence electrons. The molecule has 43 heavy (non-hydrogen) atoms. The standard InChI is InChI=1S/C29H32N6O8/c30-19(11-25(37)38)26(39)33-22(9-15-12-31-20-7-3-1-5-17(15)20)27(40)35-24(14-36)28(41)34-23(29(42)43)10-16-13-32-21-8-4-2-6-18(16)21/h1-8,12-13,19,22-24,31-32,36H,9-11,14,30H2,(H,33,39)(H,34,41)(H,35,40)(H,37,38)(H,42,43). The van der Waals surface area contributed by atoms with E-state index in [1.54, 1.807) is 30.6 Å². The monoisotopic (exact) mass is 592 g/mol. The number of aromatic amines is 2. The summed E-state index contributed by atoms with van der Waals surface area (Å²) in [4.78, 5) is 68.2. The second-order valence-electron chi connectivity index (χ2n) is 10.0. The third-order valence-electron chi connectivity index (χ3n) is 6.99. The summed E-state index contributed by atoms with van der Waals surface area (Å²) in [5, 5.41) is 37.4. The van der Waals surface area contributed by atoms with Gasteiger partial charge in [0.25, 0.3) is 0 Å². The number of aliphatic hydroxyl groups is 1. The van der Waals surface area contributed by atoms with Gasteiger partial charge in [0.2, 0.25) is 17.7 Å². The van der Waals surface area contributed by atoms with Crippen molar-refractivity contribution in [2.24, 2.45) is 5.73 Å². The van der Waals surface area contributed by atoms with Crippen molar-refractivity contribution in [2.75, 3.05) is 6.61 Å². The molecule has 0 saturated carbocycles. The number of nitrogens with one attached hydrogen (secondary N) is 5. The smallest absolute Gasteiger partial charge is 0.326 e. The van der Waals surface area contributed by atoms with E-state index in [2.05, 4.69) is 25.9 Å².